The highest BCUT2D eigenvalue weighted by atomic mass is 35.5. The highest BCUT2D eigenvalue weighted by molar-refractivity contribution is 7.12. The van der Waals surface area contributed by atoms with Crippen LogP contribution < -0.4 is 5.32 Å². The number of thiazole rings is 1. The number of amides is 1. The third kappa shape index (κ3) is 2.63. The first-order valence-electron chi connectivity index (χ1n) is 4.85. The Bertz CT molecular complexity index is 615. The second kappa shape index (κ2) is 5.22. The molecular formula is C11H7Cl2FN2OS. The summed E-state index contributed by atoms with van der Waals surface area (Å²) >= 11 is 12.6. The highest BCUT2D eigenvalue weighted by Gasteiger charge is 2.15. The molecule has 0 atom stereocenters. The molecule has 0 unspecified atom stereocenters. The van der Waals surface area contributed by atoms with E-state index in [0.29, 0.717) is 10.6 Å². The van der Waals surface area contributed by atoms with Crippen LogP contribution in [-0.4, -0.2) is 10.9 Å². The molecular weight excluding hydrogens is 298 g/mol. The summed E-state index contributed by atoms with van der Waals surface area (Å²) in [6, 6.07) is 2.33. The van der Waals surface area contributed by atoms with Crippen molar-refractivity contribution in [1.29, 1.82) is 0 Å². The summed E-state index contributed by atoms with van der Waals surface area (Å²) in [6.07, 6.45) is 0. The lowest BCUT2D eigenvalue weighted by Gasteiger charge is -2.07. The van der Waals surface area contributed by atoms with Gasteiger partial charge in [0.15, 0.2) is 0 Å². The molecule has 1 amide bonds. The maximum atomic E-state index is 13.6. The number of anilines is 1. The fraction of sp³-hybridized carbons (Fsp3) is 0.0909. The zero-order chi connectivity index (χ0) is 13.3. The minimum atomic E-state index is -0.639. The van der Waals surface area contributed by atoms with E-state index in [4.69, 9.17) is 23.2 Å². The van der Waals surface area contributed by atoms with Crippen LogP contribution in [0.2, 0.25) is 10.0 Å². The normalized spacial score (nSPS) is 10.4. The predicted molar refractivity (Wildman–Crippen MR) is 71.2 cm³/mol. The molecule has 0 spiro atoms. The summed E-state index contributed by atoms with van der Waals surface area (Å²) in [6.45, 7) is 1.70. The summed E-state index contributed by atoms with van der Waals surface area (Å²) in [5.74, 6) is -1.06. The highest BCUT2D eigenvalue weighted by Crippen LogP contribution is 2.28. The van der Waals surface area contributed by atoms with E-state index >= 15 is 0 Å². The Morgan fingerprint density at radius 3 is 2.67 bits per heavy atom. The molecule has 0 saturated carbocycles. The van der Waals surface area contributed by atoms with Gasteiger partial charge >= 0.3 is 0 Å². The van der Waals surface area contributed by atoms with Gasteiger partial charge in [0.2, 0.25) is 0 Å². The van der Waals surface area contributed by atoms with E-state index in [0.717, 1.165) is 6.07 Å². The number of aryl methyl sites for hydroxylation is 1. The van der Waals surface area contributed by atoms with E-state index in [1.807, 2.05) is 0 Å². The number of halogens is 3. The summed E-state index contributed by atoms with van der Waals surface area (Å²) in [4.78, 5) is 16.2. The van der Waals surface area contributed by atoms with Gasteiger partial charge in [-0.15, -0.1) is 11.3 Å². The molecule has 2 aromatic rings. The molecule has 0 radical (unpaired) electrons. The molecule has 0 aliphatic carbocycles. The first-order chi connectivity index (χ1) is 8.49. The molecule has 0 aliphatic rings. The lowest BCUT2D eigenvalue weighted by Crippen LogP contribution is -2.12. The predicted octanol–water partition coefficient (Wildman–Crippen LogP) is 4.15. The maximum Gasteiger partial charge on any atom is 0.267 e. The average molecular weight is 305 g/mol. The number of benzene rings is 1. The Hall–Kier alpha value is -1.17. The van der Waals surface area contributed by atoms with Crippen molar-refractivity contribution in [2.45, 2.75) is 6.92 Å². The van der Waals surface area contributed by atoms with Crippen LogP contribution in [0, 0.1) is 12.7 Å². The Balaban J connectivity index is 2.28. The van der Waals surface area contributed by atoms with Gasteiger partial charge in [-0.2, -0.15) is 0 Å². The summed E-state index contributed by atoms with van der Waals surface area (Å²) in [7, 11) is 0. The van der Waals surface area contributed by atoms with Crippen molar-refractivity contribution in [3.8, 4) is 0 Å². The van der Waals surface area contributed by atoms with Crippen LogP contribution >= 0.6 is 34.5 Å². The first kappa shape index (κ1) is 13.3. The van der Waals surface area contributed by atoms with Crippen LogP contribution in [0.3, 0.4) is 0 Å². The third-order valence-corrected chi connectivity index (χ3v) is 3.86. The first-order valence-corrected chi connectivity index (χ1v) is 6.48. The number of carbonyl (C=O) groups is 1. The van der Waals surface area contributed by atoms with Gasteiger partial charge in [-0.25, -0.2) is 9.37 Å². The molecule has 0 bridgehead atoms. The van der Waals surface area contributed by atoms with E-state index in [1.165, 1.54) is 17.4 Å². The number of rotatable bonds is 2. The van der Waals surface area contributed by atoms with E-state index in [1.54, 1.807) is 12.4 Å². The minimum Gasteiger partial charge on any atom is -0.319 e. The fourth-order valence-corrected chi connectivity index (χ4v) is 2.33. The second-order valence-electron chi connectivity index (χ2n) is 3.47. The number of carbonyl (C=O) groups excluding carboxylic acids is 1. The van der Waals surface area contributed by atoms with E-state index in [2.05, 4.69) is 10.3 Å². The van der Waals surface area contributed by atoms with Gasteiger partial charge in [-0.3, -0.25) is 4.79 Å². The Labute approximate surface area is 117 Å². The Morgan fingerprint density at radius 2 is 2.06 bits per heavy atom. The van der Waals surface area contributed by atoms with Crippen molar-refractivity contribution in [2.75, 3.05) is 5.32 Å². The number of nitrogens with zero attached hydrogens (tertiary/aromatic N) is 1. The molecule has 0 saturated heterocycles. The second-order valence-corrected chi connectivity index (χ2v) is 5.14. The van der Waals surface area contributed by atoms with Gasteiger partial charge in [-0.1, -0.05) is 23.2 Å². The van der Waals surface area contributed by atoms with Gasteiger partial charge in [0.25, 0.3) is 5.91 Å². The average Bonchev–Trinajstić information content (AvgIpc) is 2.72. The quantitative estimate of drug-likeness (QED) is 0.847. The number of aromatic nitrogens is 1. The summed E-state index contributed by atoms with van der Waals surface area (Å²) < 4.78 is 13.6. The Morgan fingerprint density at radius 1 is 1.39 bits per heavy atom. The van der Waals surface area contributed by atoms with Crippen LogP contribution in [0.15, 0.2) is 17.6 Å². The molecule has 0 fully saturated rings. The van der Waals surface area contributed by atoms with Gasteiger partial charge < -0.3 is 5.32 Å². The zero-order valence-corrected chi connectivity index (χ0v) is 11.5. The van der Waals surface area contributed by atoms with Crippen LogP contribution in [-0.2, 0) is 0 Å². The number of nitrogens with one attached hydrogen (secondary N) is 1. The molecule has 18 heavy (non-hydrogen) atoms. The Kier molecular flexibility index (Phi) is 3.85. The summed E-state index contributed by atoms with van der Waals surface area (Å²) in [5.41, 5.74) is 2.13. The molecule has 1 heterocycles. The molecule has 94 valence electrons. The lowest BCUT2D eigenvalue weighted by molar-refractivity contribution is 0.102. The molecule has 7 heteroatoms. The van der Waals surface area contributed by atoms with Crippen molar-refractivity contribution in [1.82, 2.24) is 4.98 Å². The lowest BCUT2D eigenvalue weighted by atomic mass is 10.3. The SMILES string of the molecule is Cc1ncsc1C(=O)Nc1cc(Cl)c(Cl)cc1F. The molecule has 1 N–H and O–H groups in total. The molecule has 3 nitrogen and oxygen atoms in total. The van der Waals surface area contributed by atoms with Crippen molar-refractivity contribution in [3.63, 3.8) is 0 Å². The van der Waals surface area contributed by atoms with E-state index in [9.17, 15) is 9.18 Å². The van der Waals surface area contributed by atoms with Crippen molar-refractivity contribution >= 4 is 46.1 Å². The molecule has 1 aromatic carbocycles. The zero-order valence-electron chi connectivity index (χ0n) is 9.13. The summed E-state index contributed by atoms with van der Waals surface area (Å²) in [5, 5.41) is 2.71. The van der Waals surface area contributed by atoms with E-state index in [-0.39, 0.29) is 15.7 Å². The van der Waals surface area contributed by atoms with E-state index < -0.39 is 11.7 Å². The monoisotopic (exact) mass is 304 g/mol. The van der Waals surface area contributed by atoms with Crippen molar-refractivity contribution in [2.24, 2.45) is 0 Å². The third-order valence-electron chi connectivity index (χ3n) is 2.21. The van der Waals surface area contributed by atoms with Gasteiger partial charge in [0.05, 0.1) is 26.9 Å². The van der Waals surface area contributed by atoms with Gasteiger partial charge in [-0.05, 0) is 19.1 Å². The van der Waals surface area contributed by atoms with Crippen LogP contribution in [0.5, 0.6) is 0 Å². The maximum absolute atomic E-state index is 13.6. The van der Waals surface area contributed by atoms with Crippen LogP contribution in [0.25, 0.3) is 0 Å². The van der Waals surface area contributed by atoms with Crippen molar-refractivity contribution in [3.05, 3.63) is 44.1 Å². The largest absolute Gasteiger partial charge is 0.319 e. The number of hydrogen-bond donors (Lipinski definition) is 1. The minimum absolute atomic E-state index is 0.0119. The molecule has 1 aromatic heterocycles. The topological polar surface area (TPSA) is 42.0 Å². The fourth-order valence-electron chi connectivity index (χ4n) is 1.32. The van der Waals surface area contributed by atoms with Crippen molar-refractivity contribution < 1.29 is 9.18 Å². The van der Waals surface area contributed by atoms with Crippen LogP contribution in [0.1, 0.15) is 15.4 Å². The van der Waals surface area contributed by atoms with Crippen LogP contribution in [0.4, 0.5) is 10.1 Å². The smallest absolute Gasteiger partial charge is 0.267 e. The van der Waals surface area contributed by atoms with Gasteiger partial charge in [0.1, 0.15) is 10.7 Å². The molecule has 2 rings (SSSR count). The number of hydrogen-bond acceptors (Lipinski definition) is 3. The van der Waals surface area contributed by atoms with Gasteiger partial charge in [0, 0.05) is 0 Å². The standard InChI is InChI=1S/C11H7Cl2FN2OS/c1-5-10(18-4-15-5)11(17)16-9-3-7(13)6(12)2-8(9)14/h2-4H,1H3,(H,16,17). The molecule has 0 aliphatic heterocycles.